The van der Waals surface area contributed by atoms with E-state index in [1.807, 2.05) is 0 Å². The van der Waals surface area contributed by atoms with Crippen LogP contribution in [0.4, 0.5) is 10.7 Å². The second kappa shape index (κ2) is 4.47. The summed E-state index contributed by atoms with van der Waals surface area (Å²) < 4.78 is 0. The monoisotopic (exact) mass is 261 g/mol. The van der Waals surface area contributed by atoms with Crippen LogP contribution < -0.4 is 10.6 Å². The van der Waals surface area contributed by atoms with E-state index in [1.54, 1.807) is 11.3 Å². The molecule has 1 aromatic heterocycles. The fourth-order valence-corrected chi connectivity index (χ4v) is 4.04. The molecule has 1 unspecified atom stereocenters. The van der Waals surface area contributed by atoms with Crippen molar-refractivity contribution in [1.82, 2.24) is 0 Å². The van der Waals surface area contributed by atoms with Gasteiger partial charge in [-0.15, -0.1) is 11.3 Å². The van der Waals surface area contributed by atoms with Crippen LogP contribution in [0, 0.1) is 17.2 Å². The highest BCUT2D eigenvalue weighted by Gasteiger charge is 2.34. The van der Waals surface area contributed by atoms with Gasteiger partial charge in [0.25, 0.3) is 0 Å². The van der Waals surface area contributed by atoms with Gasteiger partial charge in [-0.05, 0) is 37.5 Å². The Morgan fingerprint density at radius 2 is 2.17 bits per heavy atom. The van der Waals surface area contributed by atoms with Crippen LogP contribution in [0.1, 0.15) is 49.0 Å². The van der Waals surface area contributed by atoms with Crippen molar-refractivity contribution in [2.75, 3.05) is 23.7 Å². The van der Waals surface area contributed by atoms with E-state index >= 15 is 0 Å². The maximum Gasteiger partial charge on any atom is 0.130 e. The lowest BCUT2D eigenvalue weighted by molar-refractivity contribution is 0.448. The Labute approximate surface area is 112 Å². The number of hydrogen-bond acceptors (Lipinski definition) is 4. The molecule has 0 aromatic carbocycles. The van der Waals surface area contributed by atoms with Crippen LogP contribution in [0.3, 0.4) is 0 Å². The van der Waals surface area contributed by atoms with Crippen molar-refractivity contribution in [1.29, 1.82) is 5.26 Å². The van der Waals surface area contributed by atoms with Crippen molar-refractivity contribution in [2.45, 2.75) is 38.5 Å². The summed E-state index contributed by atoms with van der Waals surface area (Å²) in [5.41, 5.74) is 8.20. The van der Waals surface area contributed by atoms with Crippen LogP contribution in [0.5, 0.6) is 0 Å². The number of hydrogen-bond donors (Lipinski definition) is 1. The number of nitrogens with zero attached hydrogens (tertiary/aromatic N) is 2. The molecule has 0 bridgehead atoms. The van der Waals surface area contributed by atoms with E-state index in [2.05, 4.69) is 17.9 Å². The first-order valence-electron chi connectivity index (χ1n) is 6.78. The molecular formula is C14H19N3S. The van der Waals surface area contributed by atoms with Crippen molar-refractivity contribution in [3.8, 4) is 6.07 Å². The third kappa shape index (κ3) is 1.97. The maximum absolute atomic E-state index is 9.17. The van der Waals surface area contributed by atoms with E-state index in [4.69, 9.17) is 5.73 Å². The number of nitriles is 1. The molecule has 0 radical (unpaired) electrons. The van der Waals surface area contributed by atoms with Gasteiger partial charge in [0.2, 0.25) is 0 Å². The Balaban J connectivity index is 1.97. The highest BCUT2D eigenvalue weighted by Crippen LogP contribution is 2.52. The first-order chi connectivity index (χ1) is 8.70. The maximum atomic E-state index is 9.17. The molecule has 2 heterocycles. The molecule has 0 amide bonds. The highest BCUT2D eigenvalue weighted by molar-refractivity contribution is 7.17. The molecule has 4 heteroatoms. The van der Waals surface area contributed by atoms with E-state index in [9.17, 15) is 5.26 Å². The smallest absolute Gasteiger partial charge is 0.130 e. The molecule has 1 saturated carbocycles. The van der Waals surface area contributed by atoms with Crippen molar-refractivity contribution >= 4 is 22.0 Å². The van der Waals surface area contributed by atoms with E-state index in [1.165, 1.54) is 36.2 Å². The zero-order valence-electron chi connectivity index (χ0n) is 10.8. The van der Waals surface area contributed by atoms with Gasteiger partial charge in [-0.3, -0.25) is 0 Å². The quantitative estimate of drug-likeness (QED) is 0.888. The van der Waals surface area contributed by atoms with E-state index in [0.29, 0.717) is 10.8 Å². The van der Waals surface area contributed by atoms with E-state index in [0.717, 1.165) is 24.7 Å². The number of piperidine rings is 1. The molecule has 0 spiro atoms. The zero-order chi connectivity index (χ0) is 12.7. The molecule has 1 saturated heterocycles. The fraction of sp³-hybridized carbons (Fsp3) is 0.643. The van der Waals surface area contributed by atoms with Gasteiger partial charge in [0.15, 0.2) is 0 Å². The largest absolute Gasteiger partial charge is 0.397 e. The number of nitrogen functional groups attached to an aromatic ring is 1. The van der Waals surface area contributed by atoms with Crippen LogP contribution in [-0.4, -0.2) is 13.1 Å². The molecular weight excluding hydrogens is 242 g/mol. The Morgan fingerprint density at radius 3 is 2.78 bits per heavy atom. The number of rotatable bonds is 2. The van der Waals surface area contributed by atoms with Crippen LogP contribution in [0.2, 0.25) is 0 Å². The van der Waals surface area contributed by atoms with Gasteiger partial charge in [-0.2, -0.15) is 5.26 Å². The van der Waals surface area contributed by atoms with Crippen molar-refractivity contribution in [3.05, 3.63) is 10.4 Å². The Kier molecular flexibility index (Phi) is 2.95. The molecule has 2 fully saturated rings. The predicted octanol–water partition coefficient (Wildman–Crippen LogP) is 3.32. The zero-order valence-corrected chi connectivity index (χ0v) is 11.6. The van der Waals surface area contributed by atoms with Gasteiger partial charge >= 0.3 is 0 Å². The van der Waals surface area contributed by atoms with Crippen molar-refractivity contribution in [2.24, 2.45) is 5.92 Å². The second-order valence-electron chi connectivity index (χ2n) is 5.64. The second-order valence-corrected chi connectivity index (χ2v) is 6.64. The summed E-state index contributed by atoms with van der Waals surface area (Å²) in [6.07, 6.45) is 5.05. The number of nitrogens with two attached hydrogens (primary N) is 1. The number of thiophene rings is 1. The highest BCUT2D eigenvalue weighted by atomic mass is 32.1. The Morgan fingerprint density at radius 1 is 1.39 bits per heavy atom. The summed E-state index contributed by atoms with van der Waals surface area (Å²) in [6.45, 7) is 4.55. The minimum Gasteiger partial charge on any atom is -0.397 e. The standard InChI is InChI=1S/C14H19N3S/c1-9-3-2-6-17(8-9)14-12(10-4-5-10)13(16)11(7-15)18-14/h9-10H,2-6,8,16H2,1H3. The molecule has 2 aliphatic rings. The normalized spacial score (nSPS) is 24.0. The SMILES string of the molecule is CC1CCCN(c2sc(C#N)c(N)c2C2CC2)C1. The van der Waals surface area contributed by atoms with Gasteiger partial charge in [0.05, 0.1) is 10.7 Å². The van der Waals surface area contributed by atoms with Gasteiger partial charge in [0, 0.05) is 18.7 Å². The van der Waals surface area contributed by atoms with Crippen molar-refractivity contribution < 1.29 is 0 Å². The van der Waals surface area contributed by atoms with Crippen LogP contribution >= 0.6 is 11.3 Å². The Hall–Kier alpha value is -1.21. The molecule has 3 rings (SSSR count). The fourth-order valence-electron chi connectivity index (χ4n) is 2.90. The molecule has 1 aliphatic carbocycles. The van der Waals surface area contributed by atoms with Gasteiger partial charge in [-0.25, -0.2) is 0 Å². The first kappa shape index (κ1) is 11.9. The average Bonchev–Trinajstić information content (AvgIpc) is 3.13. The van der Waals surface area contributed by atoms with E-state index < -0.39 is 0 Å². The van der Waals surface area contributed by atoms with Crippen LogP contribution in [-0.2, 0) is 0 Å². The molecule has 1 aromatic rings. The van der Waals surface area contributed by atoms with Gasteiger partial charge in [0.1, 0.15) is 10.9 Å². The summed E-state index contributed by atoms with van der Waals surface area (Å²) >= 11 is 1.60. The molecule has 2 N–H and O–H groups in total. The molecule has 1 atom stereocenters. The summed E-state index contributed by atoms with van der Waals surface area (Å²) in [6, 6.07) is 2.26. The summed E-state index contributed by atoms with van der Waals surface area (Å²) in [5.74, 6) is 1.37. The van der Waals surface area contributed by atoms with Crippen molar-refractivity contribution in [3.63, 3.8) is 0 Å². The third-order valence-corrected chi connectivity index (χ3v) is 5.18. The minimum atomic E-state index is 0.621. The Bertz CT molecular complexity index is 496. The van der Waals surface area contributed by atoms with Crippen LogP contribution in [0.25, 0.3) is 0 Å². The summed E-state index contributed by atoms with van der Waals surface area (Å²) in [7, 11) is 0. The third-order valence-electron chi connectivity index (χ3n) is 4.00. The lowest BCUT2D eigenvalue weighted by atomic mass is 10.00. The van der Waals surface area contributed by atoms with Gasteiger partial charge in [-0.1, -0.05) is 6.92 Å². The average molecular weight is 261 g/mol. The molecule has 3 nitrogen and oxygen atoms in total. The summed E-state index contributed by atoms with van der Waals surface area (Å²) in [5, 5.41) is 10.5. The number of anilines is 2. The summed E-state index contributed by atoms with van der Waals surface area (Å²) in [4.78, 5) is 3.18. The molecule has 96 valence electrons. The van der Waals surface area contributed by atoms with Gasteiger partial charge < -0.3 is 10.6 Å². The van der Waals surface area contributed by atoms with Crippen LogP contribution in [0.15, 0.2) is 0 Å². The lowest BCUT2D eigenvalue weighted by Gasteiger charge is -2.32. The lowest BCUT2D eigenvalue weighted by Crippen LogP contribution is -2.34. The van der Waals surface area contributed by atoms with E-state index in [-0.39, 0.29) is 0 Å². The predicted molar refractivity (Wildman–Crippen MR) is 76.0 cm³/mol. The minimum absolute atomic E-state index is 0.621. The first-order valence-corrected chi connectivity index (χ1v) is 7.59. The topological polar surface area (TPSA) is 53.0 Å². The molecule has 18 heavy (non-hydrogen) atoms. The molecule has 1 aliphatic heterocycles.